The first-order valence-corrected chi connectivity index (χ1v) is 15.7. The normalized spacial score (nSPS) is 16.0. The number of nitrogens with one attached hydrogen (secondary N) is 3. The monoisotopic (exact) mass is 606 g/mol. The predicted octanol–water partition coefficient (Wildman–Crippen LogP) is 2.23. The van der Waals surface area contributed by atoms with Gasteiger partial charge in [-0.05, 0) is 31.2 Å². The molecule has 1 aliphatic rings. The van der Waals surface area contributed by atoms with Crippen molar-refractivity contribution in [2.24, 2.45) is 11.1 Å². The van der Waals surface area contributed by atoms with Crippen LogP contribution in [0, 0.1) is 12.3 Å². The Morgan fingerprint density at radius 1 is 1.02 bits per heavy atom. The summed E-state index contributed by atoms with van der Waals surface area (Å²) in [5.74, 6) is -0.615. The minimum Gasteiger partial charge on any atom is -0.463 e. The van der Waals surface area contributed by atoms with Gasteiger partial charge in [0.15, 0.2) is 0 Å². The molecule has 0 bridgehead atoms. The van der Waals surface area contributed by atoms with E-state index in [-0.39, 0.29) is 36.4 Å². The van der Waals surface area contributed by atoms with E-state index in [0.717, 1.165) is 22.6 Å². The van der Waals surface area contributed by atoms with Gasteiger partial charge in [0.05, 0.1) is 6.61 Å². The first-order valence-electron chi connectivity index (χ1n) is 13.6. The van der Waals surface area contributed by atoms with E-state index in [1.165, 1.54) is 12.2 Å². The molecule has 3 atom stereocenters. The molecule has 1 aliphatic heterocycles. The highest BCUT2D eigenvalue weighted by molar-refractivity contribution is 8.21. The van der Waals surface area contributed by atoms with Gasteiger partial charge in [0, 0.05) is 36.5 Å². The molecule has 1 fully saturated rings. The number of hydrogen-bond acceptors (Lipinski definition) is 8. The van der Waals surface area contributed by atoms with Crippen LogP contribution in [0.3, 0.4) is 0 Å². The van der Waals surface area contributed by atoms with Gasteiger partial charge in [-0.25, -0.2) is 4.79 Å². The number of hydrogen-bond donors (Lipinski definition) is 4. The molecule has 226 valence electrons. The average Bonchev–Trinajstić information content (AvgIpc) is 3.44. The molecule has 4 amide bonds. The van der Waals surface area contributed by atoms with Gasteiger partial charge in [-0.1, -0.05) is 56.7 Å². The van der Waals surface area contributed by atoms with Crippen molar-refractivity contribution in [3.63, 3.8) is 0 Å². The number of aryl methyl sites for hydroxylation is 1. The second-order valence-corrected chi connectivity index (χ2v) is 13.6. The summed E-state index contributed by atoms with van der Waals surface area (Å²) < 4.78 is 4.63. The van der Waals surface area contributed by atoms with Crippen LogP contribution in [-0.4, -0.2) is 70.4 Å². The molecule has 0 saturated carbocycles. The number of nitrogens with two attached hydrogens (primary N) is 1. The molecule has 5 N–H and O–H groups in total. The molecule has 12 heteroatoms. The highest BCUT2D eigenvalue weighted by Gasteiger charge is 2.37. The number of rotatable bonds is 14. The van der Waals surface area contributed by atoms with Crippen LogP contribution in [0.25, 0.3) is 0 Å². The Morgan fingerprint density at radius 2 is 1.66 bits per heavy atom. The zero-order valence-corrected chi connectivity index (χ0v) is 26.0. The van der Waals surface area contributed by atoms with Gasteiger partial charge in [-0.2, -0.15) is 0 Å². The third-order valence-corrected chi connectivity index (χ3v) is 9.21. The Bertz CT molecular complexity index is 1100. The van der Waals surface area contributed by atoms with E-state index in [9.17, 15) is 24.0 Å². The third-order valence-electron chi connectivity index (χ3n) is 6.22. The molecular formula is C29H42N4O6S2. The topological polar surface area (TPSA) is 157 Å². The minimum absolute atomic E-state index is 0.0254. The standard InChI is InChI=1S/C29H42N4O6S2/c1-6-39-23(35)14-12-20(11-13-22(30)34)31-25(36)21(17-19-9-7-18(2)8-10-19)32-26(37)24(29(3,4)5)33-27(38)28-40-15-16-41-28/h7-10,12,14,20-21,24,28H,6,11,13,15-17H2,1-5H3,(H2,30,34)(H,31,36)(H,32,37)(H,33,38)/t20-,21-,24+/m0/s1. The molecule has 10 nitrogen and oxygen atoms in total. The van der Waals surface area contributed by atoms with Crippen LogP contribution < -0.4 is 21.7 Å². The van der Waals surface area contributed by atoms with Gasteiger partial charge >= 0.3 is 5.97 Å². The zero-order valence-electron chi connectivity index (χ0n) is 24.4. The van der Waals surface area contributed by atoms with Gasteiger partial charge in [0.2, 0.25) is 23.6 Å². The summed E-state index contributed by atoms with van der Waals surface area (Å²) >= 11 is 3.08. The molecule has 0 aromatic heterocycles. The van der Waals surface area contributed by atoms with Crippen LogP contribution in [0.2, 0.25) is 0 Å². The van der Waals surface area contributed by atoms with Crippen molar-refractivity contribution >= 4 is 53.1 Å². The van der Waals surface area contributed by atoms with Crippen molar-refractivity contribution in [2.75, 3.05) is 18.1 Å². The molecule has 0 unspecified atom stereocenters. The molecule has 2 rings (SSSR count). The molecular weight excluding hydrogens is 564 g/mol. The third kappa shape index (κ3) is 12.2. The number of amides is 4. The second kappa shape index (κ2) is 16.5. The van der Waals surface area contributed by atoms with Gasteiger partial charge in [-0.15, -0.1) is 23.5 Å². The summed E-state index contributed by atoms with van der Waals surface area (Å²) in [6, 6.07) is 4.98. The molecule has 1 aromatic rings. The number of primary amides is 1. The Labute approximate surface area is 250 Å². The summed E-state index contributed by atoms with van der Waals surface area (Å²) in [4.78, 5) is 63.4. The van der Waals surface area contributed by atoms with Gasteiger partial charge in [0.25, 0.3) is 0 Å². The number of carbonyl (C=O) groups is 5. The summed E-state index contributed by atoms with van der Waals surface area (Å²) in [7, 11) is 0. The van der Waals surface area contributed by atoms with E-state index in [2.05, 4.69) is 16.0 Å². The van der Waals surface area contributed by atoms with Crippen LogP contribution >= 0.6 is 23.5 Å². The smallest absolute Gasteiger partial charge is 0.330 e. The van der Waals surface area contributed by atoms with Gasteiger partial charge in [0.1, 0.15) is 16.7 Å². The molecule has 1 heterocycles. The fourth-order valence-corrected chi connectivity index (χ4v) is 6.60. The lowest BCUT2D eigenvalue weighted by molar-refractivity contribution is -0.137. The summed E-state index contributed by atoms with van der Waals surface area (Å²) in [5, 5.41) is 8.57. The molecule has 1 aromatic carbocycles. The first kappa shape index (κ1) is 34.2. The van der Waals surface area contributed by atoms with Crippen molar-refractivity contribution in [1.82, 2.24) is 16.0 Å². The Morgan fingerprint density at radius 3 is 2.22 bits per heavy atom. The van der Waals surface area contributed by atoms with Crippen molar-refractivity contribution in [1.29, 1.82) is 0 Å². The van der Waals surface area contributed by atoms with E-state index < -0.39 is 47.2 Å². The highest BCUT2D eigenvalue weighted by atomic mass is 32.2. The van der Waals surface area contributed by atoms with E-state index in [4.69, 9.17) is 10.5 Å². The SMILES string of the molecule is CCOC(=O)C=C[C@H](CCC(N)=O)NC(=O)[C@H](Cc1ccc(C)cc1)NC(=O)[C@@H](NC(=O)C1SCCS1)C(C)(C)C. The minimum atomic E-state index is -1.01. The largest absolute Gasteiger partial charge is 0.463 e. The van der Waals surface area contributed by atoms with E-state index >= 15 is 0 Å². The van der Waals surface area contributed by atoms with Crippen molar-refractivity contribution in [3.05, 3.63) is 47.5 Å². The Balaban J connectivity index is 2.29. The summed E-state index contributed by atoms with van der Waals surface area (Å²) in [5.41, 5.74) is 6.55. The number of ether oxygens (including phenoxy) is 1. The summed E-state index contributed by atoms with van der Waals surface area (Å²) in [6.45, 7) is 9.36. The maximum Gasteiger partial charge on any atom is 0.330 e. The van der Waals surface area contributed by atoms with Crippen LogP contribution in [-0.2, 0) is 35.1 Å². The highest BCUT2D eigenvalue weighted by Crippen LogP contribution is 2.32. The van der Waals surface area contributed by atoms with Crippen LogP contribution in [0.15, 0.2) is 36.4 Å². The maximum atomic E-state index is 13.6. The van der Waals surface area contributed by atoms with E-state index in [0.29, 0.717) is 0 Å². The van der Waals surface area contributed by atoms with Gasteiger partial charge in [-0.3, -0.25) is 19.2 Å². The number of thioether (sulfide) groups is 2. The average molecular weight is 607 g/mol. The van der Waals surface area contributed by atoms with E-state index in [1.807, 2.05) is 52.0 Å². The summed E-state index contributed by atoms with van der Waals surface area (Å²) in [6.07, 6.45) is 2.94. The lowest BCUT2D eigenvalue weighted by atomic mass is 9.85. The van der Waals surface area contributed by atoms with Crippen molar-refractivity contribution in [3.8, 4) is 0 Å². The Hall–Kier alpha value is -2.99. The zero-order chi connectivity index (χ0) is 30.6. The van der Waals surface area contributed by atoms with Crippen molar-refractivity contribution in [2.45, 2.75) is 76.6 Å². The second-order valence-electron chi connectivity index (χ2n) is 10.9. The Kier molecular flexibility index (Phi) is 13.7. The number of benzene rings is 1. The number of carbonyl (C=O) groups excluding carboxylic acids is 5. The van der Waals surface area contributed by atoms with Gasteiger partial charge < -0.3 is 26.4 Å². The molecule has 41 heavy (non-hydrogen) atoms. The molecule has 1 saturated heterocycles. The lowest BCUT2D eigenvalue weighted by Crippen LogP contribution is -2.59. The molecule has 0 radical (unpaired) electrons. The molecule has 0 spiro atoms. The maximum absolute atomic E-state index is 13.6. The van der Waals surface area contributed by atoms with Crippen LogP contribution in [0.4, 0.5) is 0 Å². The quantitative estimate of drug-likeness (QED) is 0.186. The lowest BCUT2D eigenvalue weighted by Gasteiger charge is -2.32. The van der Waals surface area contributed by atoms with Crippen LogP contribution in [0.5, 0.6) is 0 Å². The van der Waals surface area contributed by atoms with Crippen LogP contribution in [0.1, 0.15) is 51.7 Å². The predicted molar refractivity (Wildman–Crippen MR) is 163 cm³/mol. The van der Waals surface area contributed by atoms with E-state index in [1.54, 1.807) is 30.4 Å². The fourth-order valence-electron chi connectivity index (χ4n) is 4.00. The van der Waals surface area contributed by atoms with Crippen molar-refractivity contribution < 1.29 is 28.7 Å². The fraction of sp³-hybridized carbons (Fsp3) is 0.552. The first-order chi connectivity index (χ1) is 19.3. The number of esters is 1. The molecule has 0 aliphatic carbocycles.